The van der Waals surface area contributed by atoms with E-state index in [0.717, 1.165) is 23.9 Å². The van der Waals surface area contributed by atoms with E-state index in [4.69, 9.17) is 0 Å². The molecule has 1 N–H and O–H groups in total. The van der Waals surface area contributed by atoms with Crippen molar-refractivity contribution in [3.05, 3.63) is 46.5 Å². The molecule has 0 aliphatic heterocycles. The van der Waals surface area contributed by atoms with E-state index in [2.05, 4.69) is 50.4 Å². The van der Waals surface area contributed by atoms with Gasteiger partial charge in [0.15, 0.2) is 0 Å². The fraction of sp³-hybridized carbons (Fsp3) is 0.429. The molecule has 0 saturated heterocycles. The van der Waals surface area contributed by atoms with E-state index in [1.165, 1.54) is 11.3 Å². The van der Waals surface area contributed by atoms with Crippen LogP contribution in [0.3, 0.4) is 0 Å². The average molecular weight is 323 g/mol. The van der Waals surface area contributed by atoms with Gasteiger partial charge < -0.3 is 5.32 Å². The van der Waals surface area contributed by atoms with Crippen LogP contribution in [-0.4, -0.2) is 21.3 Å². The lowest BCUT2D eigenvalue weighted by Gasteiger charge is -2.19. The molecule has 0 aliphatic rings. The molecule has 102 valence electrons. The van der Waals surface area contributed by atoms with Crippen molar-refractivity contribution in [2.45, 2.75) is 25.8 Å². The summed E-state index contributed by atoms with van der Waals surface area (Å²) in [7, 11) is 1.98. The van der Waals surface area contributed by atoms with Gasteiger partial charge in [0.1, 0.15) is 0 Å². The first-order valence-electron chi connectivity index (χ1n) is 6.52. The second-order valence-electron chi connectivity index (χ2n) is 4.57. The van der Waals surface area contributed by atoms with Crippen LogP contribution in [0.1, 0.15) is 30.6 Å². The first-order valence-corrected chi connectivity index (χ1v) is 7.31. The average Bonchev–Trinajstić information content (AvgIpc) is 2.75. The molecule has 4 nitrogen and oxygen atoms in total. The molecule has 0 radical (unpaired) electrons. The summed E-state index contributed by atoms with van der Waals surface area (Å²) in [5.41, 5.74) is 2.46. The third-order valence-electron chi connectivity index (χ3n) is 3.10. The fourth-order valence-corrected chi connectivity index (χ4v) is 2.78. The Morgan fingerprint density at radius 1 is 1.37 bits per heavy atom. The molecule has 0 amide bonds. The topological polar surface area (TPSA) is 42.7 Å². The molecule has 2 heterocycles. The van der Waals surface area contributed by atoms with Crippen LogP contribution < -0.4 is 5.32 Å². The van der Waals surface area contributed by atoms with Gasteiger partial charge in [0, 0.05) is 19.4 Å². The summed E-state index contributed by atoms with van der Waals surface area (Å²) in [4.78, 5) is 4.07. The summed E-state index contributed by atoms with van der Waals surface area (Å²) in [6.45, 7) is 3.17. The second kappa shape index (κ2) is 6.82. The maximum Gasteiger partial charge on any atom is 0.0695 e. The number of nitrogens with zero attached hydrogens (tertiary/aromatic N) is 3. The molecule has 2 rings (SSSR count). The molecule has 2 aromatic heterocycles. The predicted octanol–water partition coefficient (Wildman–Crippen LogP) is 2.86. The quantitative estimate of drug-likeness (QED) is 0.889. The lowest BCUT2D eigenvalue weighted by atomic mass is 10.0. The van der Waals surface area contributed by atoms with Crippen LogP contribution in [-0.2, 0) is 13.5 Å². The third kappa shape index (κ3) is 3.64. The maximum atomic E-state index is 4.30. The molecular formula is C14H19BrN4. The van der Waals surface area contributed by atoms with E-state index >= 15 is 0 Å². The van der Waals surface area contributed by atoms with Crippen molar-refractivity contribution in [1.82, 2.24) is 20.1 Å². The van der Waals surface area contributed by atoms with Gasteiger partial charge in [0.2, 0.25) is 0 Å². The molecule has 1 unspecified atom stereocenters. The van der Waals surface area contributed by atoms with Gasteiger partial charge >= 0.3 is 0 Å². The van der Waals surface area contributed by atoms with E-state index in [-0.39, 0.29) is 6.04 Å². The SMILES string of the molecule is CCCNC(Cc1ccncc1)c1c(Br)cnn1C. The van der Waals surface area contributed by atoms with Gasteiger partial charge in [-0.3, -0.25) is 9.67 Å². The Morgan fingerprint density at radius 2 is 2.11 bits per heavy atom. The summed E-state index contributed by atoms with van der Waals surface area (Å²) in [6.07, 6.45) is 7.57. The van der Waals surface area contributed by atoms with Crippen molar-refractivity contribution in [3.63, 3.8) is 0 Å². The summed E-state index contributed by atoms with van der Waals surface area (Å²) < 4.78 is 2.98. The number of halogens is 1. The van der Waals surface area contributed by atoms with E-state index in [9.17, 15) is 0 Å². The van der Waals surface area contributed by atoms with E-state index < -0.39 is 0 Å². The fourth-order valence-electron chi connectivity index (χ4n) is 2.15. The molecule has 0 aliphatic carbocycles. The standard InChI is InChI=1S/C14H19BrN4/c1-3-6-17-13(9-11-4-7-16-8-5-11)14-12(15)10-18-19(14)2/h4-5,7-8,10,13,17H,3,6,9H2,1-2H3. The number of nitrogens with one attached hydrogen (secondary N) is 1. The Bertz CT molecular complexity index is 490. The summed E-state index contributed by atoms with van der Waals surface area (Å²) >= 11 is 3.59. The first-order chi connectivity index (χ1) is 9.22. The number of hydrogen-bond acceptors (Lipinski definition) is 3. The minimum atomic E-state index is 0.254. The lowest BCUT2D eigenvalue weighted by Crippen LogP contribution is -2.26. The van der Waals surface area contributed by atoms with Crippen LogP contribution in [0.25, 0.3) is 0 Å². The smallest absolute Gasteiger partial charge is 0.0695 e. The highest BCUT2D eigenvalue weighted by Gasteiger charge is 2.18. The van der Waals surface area contributed by atoms with Gasteiger partial charge in [0.25, 0.3) is 0 Å². The van der Waals surface area contributed by atoms with Gasteiger partial charge in [-0.2, -0.15) is 5.10 Å². The van der Waals surface area contributed by atoms with Crippen molar-refractivity contribution < 1.29 is 0 Å². The predicted molar refractivity (Wildman–Crippen MR) is 79.9 cm³/mol. The minimum absolute atomic E-state index is 0.254. The number of aryl methyl sites for hydroxylation is 1. The molecule has 0 saturated carbocycles. The number of rotatable bonds is 6. The normalized spacial score (nSPS) is 12.6. The maximum absolute atomic E-state index is 4.30. The monoisotopic (exact) mass is 322 g/mol. The Balaban J connectivity index is 2.21. The van der Waals surface area contributed by atoms with E-state index in [1.54, 1.807) is 0 Å². The van der Waals surface area contributed by atoms with Gasteiger partial charge in [0.05, 0.1) is 22.4 Å². The molecule has 0 fully saturated rings. The molecule has 0 aromatic carbocycles. The number of aromatic nitrogens is 3. The number of pyridine rings is 1. The van der Waals surface area contributed by atoms with E-state index in [0.29, 0.717) is 0 Å². The van der Waals surface area contributed by atoms with Crippen LogP contribution in [0.2, 0.25) is 0 Å². The minimum Gasteiger partial charge on any atom is -0.308 e. The Kier molecular flexibility index (Phi) is 5.10. The zero-order chi connectivity index (χ0) is 13.7. The van der Waals surface area contributed by atoms with Crippen molar-refractivity contribution >= 4 is 15.9 Å². The van der Waals surface area contributed by atoms with E-state index in [1.807, 2.05) is 30.3 Å². The van der Waals surface area contributed by atoms with Gasteiger partial charge in [-0.15, -0.1) is 0 Å². The Hall–Kier alpha value is -1.20. The molecular weight excluding hydrogens is 304 g/mol. The largest absolute Gasteiger partial charge is 0.308 e. The summed E-state index contributed by atoms with van der Waals surface area (Å²) in [5, 5.41) is 7.89. The highest BCUT2D eigenvalue weighted by Crippen LogP contribution is 2.25. The van der Waals surface area contributed by atoms with Gasteiger partial charge in [-0.05, 0) is 53.0 Å². The van der Waals surface area contributed by atoms with Crippen LogP contribution in [0.4, 0.5) is 0 Å². The molecule has 5 heteroatoms. The molecule has 19 heavy (non-hydrogen) atoms. The molecule has 0 bridgehead atoms. The second-order valence-corrected chi connectivity index (χ2v) is 5.42. The highest BCUT2D eigenvalue weighted by atomic mass is 79.9. The molecule has 2 aromatic rings. The van der Waals surface area contributed by atoms with Crippen molar-refractivity contribution in [2.24, 2.45) is 7.05 Å². The highest BCUT2D eigenvalue weighted by molar-refractivity contribution is 9.10. The first kappa shape index (κ1) is 14.2. The van der Waals surface area contributed by atoms with Gasteiger partial charge in [-0.1, -0.05) is 6.92 Å². The van der Waals surface area contributed by atoms with Crippen molar-refractivity contribution in [2.75, 3.05) is 6.54 Å². The zero-order valence-corrected chi connectivity index (χ0v) is 12.9. The molecule has 0 spiro atoms. The third-order valence-corrected chi connectivity index (χ3v) is 3.71. The Morgan fingerprint density at radius 3 is 2.68 bits per heavy atom. The van der Waals surface area contributed by atoms with Gasteiger partial charge in [-0.25, -0.2) is 0 Å². The van der Waals surface area contributed by atoms with Crippen LogP contribution >= 0.6 is 15.9 Å². The number of hydrogen-bond donors (Lipinski definition) is 1. The van der Waals surface area contributed by atoms with Crippen LogP contribution in [0.15, 0.2) is 35.2 Å². The van der Waals surface area contributed by atoms with Crippen molar-refractivity contribution in [1.29, 1.82) is 0 Å². The lowest BCUT2D eigenvalue weighted by molar-refractivity contribution is 0.491. The van der Waals surface area contributed by atoms with Crippen molar-refractivity contribution in [3.8, 4) is 0 Å². The molecule has 1 atom stereocenters. The summed E-state index contributed by atoms with van der Waals surface area (Å²) in [6, 6.07) is 4.37. The zero-order valence-electron chi connectivity index (χ0n) is 11.3. The summed E-state index contributed by atoms with van der Waals surface area (Å²) in [5.74, 6) is 0. The Labute approximate surface area is 122 Å². The van der Waals surface area contributed by atoms with Crippen LogP contribution in [0, 0.1) is 0 Å². The van der Waals surface area contributed by atoms with Crippen LogP contribution in [0.5, 0.6) is 0 Å².